The van der Waals surface area contributed by atoms with Crippen molar-refractivity contribution in [3.05, 3.63) is 112 Å². The van der Waals surface area contributed by atoms with Crippen molar-refractivity contribution in [1.29, 1.82) is 0 Å². The molecule has 254 valence electrons. The highest BCUT2D eigenvalue weighted by Crippen LogP contribution is 2.44. The summed E-state index contributed by atoms with van der Waals surface area (Å²) >= 11 is 0. The van der Waals surface area contributed by atoms with Gasteiger partial charge in [0.05, 0.1) is 13.2 Å². The van der Waals surface area contributed by atoms with E-state index in [0.717, 1.165) is 12.8 Å². The van der Waals surface area contributed by atoms with Crippen LogP contribution in [0.4, 0.5) is 0 Å². The van der Waals surface area contributed by atoms with E-state index in [4.69, 9.17) is 29.8 Å². The van der Waals surface area contributed by atoms with Crippen LogP contribution < -0.4 is 15.6 Å². The van der Waals surface area contributed by atoms with Crippen LogP contribution >= 0.6 is 0 Å². The van der Waals surface area contributed by atoms with Crippen LogP contribution in [0.25, 0.3) is 10.4 Å². The fourth-order valence-electron chi connectivity index (χ4n) is 5.35. The monoisotopic (exact) mass is 656 g/mol. The minimum absolute atomic E-state index is 0.0220. The normalized spacial score (nSPS) is 17.1. The first-order valence-electron chi connectivity index (χ1n) is 16.1. The number of aliphatic hydroxyl groups excluding tert-OH is 1. The topological polar surface area (TPSA) is 167 Å². The molecule has 1 amide bonds. The number of aliphatic imine (C=N–C) groups is 1. The van der Waals surface area contributed by atoms with E-state index in [1.165, 1.54) is 5.56 Å². The highest BCUT2D eigenvalue weighted by Gasteiger charge is 2.54. The highest BCUT2D eigenvalue weighted by atomic mass is 16.6. The van der Waals surface area contributed by atoms with Crippen molar-refractivity contribution in [3.63, 3.8) is 0 Å². The Bertz CT molecular complexity index is 1580. The number of esters is 1. The molecule has 12 heteroatoms. The van der Waals surface area contributed by atoms with E-state index in [1.807, 2.05) is 42.5 Å². The summed E-state index contributed by atoms with van der Waals surface area (Å²) in [5, 5.41) is 12.8. The van der Waals surface area contributed by atoms with Crippen LogP contribution in [-0.4, -0.2) is 53.8 Å². The number of hydrogen-bond acceptors (Lipinski definition) is 9. The average Bonchev–Trinajstić information content (AvgIpc) is 3.47. The molecule has 0 saturated heterocycles. The van der Waals surface area contributed by atoms with Gasteiger partial charge in [0, 0.05) is 36.5 Å². The third-order valence-corrected chi connectivity index (χ3v) is 7.61. The Labute approximate surface area is 281 Å². The van der Waals surface area contributed by atoms with Crippen molar-refractivity contribution < 1.29 is 28.9 Å². The molecule has 1 heterocycles. The summed E-state index contributed by atoms with van der Waals surface area (Å²) in [4.78, 5) is 35.2. The molecule has 0 fully saturated rings. The maximum atomic E-state index is 14.3. The zero-order valence-corrected chi connectivity index (χ0v) is 27.7. The Morgan fingerprint density at radius 2 is 1.77 bits per heavy atom. The number of carbonyl (C=O) groups is 2. The molecule has 48 heavy (non-hydrogen) atoms. The van der Waals surface area contributed by atoms with Crippen molar-refractivity contribution in [2.45, 2.75) is 76.7 Å². The van der Waals surface area contributed by atoms with Crippen LogP contribution in [0.2, 0.25) is 0 Å². The van der Waals surface area contributed by atoms with Gasteiger partial charge >= 0.3 is 5.97 Å². The number of rotatable bonds is 17. The summed E-state index contributed by atoms with van der Waals surface area (Å²) in [7, 11) is 0. The first kappa shape index (κ1) is 35.9. The molecule has 4 rings (SSSR count). The number of carbonyl (C=O) groups excluding carboxylic acids is 2. The molecule has 2 atom stereocenters. The lowest BCUT2D eigenvalue weighted by atomic mass is 9.82. The molecule has 3 N–H and O–H groups in total. The third kappa shape index (κ3) is 10.0. The predicted octanol–water partition coefficient (Wildman–Crippen LogP) is 5.89. The smallest absolute Gasteiger partial charge is 0.306 e. The fourth-order valence-corrected chi connectivity index (χ4v) is 5.35. The lowest BCUT2D eigenvalue weighted by Crippen LogP contribution is -2.53. The molecular weight excluding hydrogens is 612 g/mol. The van der Waals surface area contributed by atoms with E-state index in [0.29, 0.717) is 42.0 Å². The summed E-state index contributed by atoms with van der Waals surface area (Å²) in [6.07, 6.45) is 1.01. The average molecular weight is 657 g/mol. The second-order valence-electron chi connectivity index (χ2n) is 12.4. The van der Waals surface area contributed by atoms with Gasteiger partial charge in [-0.3, -0.25) is 15.0 Å². The zero-order valence-electron chi connectivity index (χ0n) is 27.7. The summed E-state index contributed by atoms with van der Waals surface area (Å²) < 4.78 is 17.8. The lowest BCUT2D eigenvalue weighted by molar-refractivity contribution is -0.155. The third-order valence-electron chi connectivity index (χ3n) is 7.61. The van der Waals surface area contributed by atoms with Gasteiger partial charge in [0.2, 0.25) is 5.90 Å². The van der Waals surface area contributed by atoms with E-state index in [9.17, 15) is 9.59 Å². The number of azide groups is 1. The van der Waals surface area contributed by atoms with Crippen molar-refractivity contribution in [2.24, 2.45) is 10.1 Å². The summed E-state index contributed by atoms with van der Waals surface area (Å²) in [5.41, 5.74) is 15.7. The summed E-state index contributed by atoms with van der Waals surface area (Å²) in [6.45, 7) is 6.28. The number of benzene rings is 3. The number of amides is 1. The number of ether oxygens (including phenoxy) is 3. The van der Waals surface area contributed by atoms with Gasteiger partial charge in [0.25, 0.3) is 5.91 Å². The first-order chi connectivity index (χ1) is 23.1. The van der Waals surface area contributed by atoms with Crippen LogP contribution in [0.15, 0.2) is 89.0 Å². The quantitative estimate of drug-likeness (QED) is 0.0407. The molecule has 0 spiro atoms. The minimum Gasteiger partial charge on any atom is -0.494 e. The first-order valence-corrected chi connectivity index (χ1v) is 16.1. The highest BCUT2D eigenvalue weighted by molar-refractivity contribution is 6.01. The predicted molar refractivity (Wildman–Crippen MR) is 182 cm³/mol. The molecule has 1 aliphatic rings. The Hall–Kier alpha value is -4.90. The van der Waals surface area contributed by atoms with Crippen molar-refractivity contribution in [3.8, 4) is 5.75 Å². The molecule has 0 saturated carbocycles. The molecule has 3 aromatic rings. The molecule has 12 nitrogen and oxygen atoms in total. The maximum absolute atomic E-state index is 14.3. The van der Waals surface area contributed by atoms with E-state index in [2.05, 4.69) is 33.0 Å². The Balaban J connectivity index is 1.68. The van der Waals surface area contributed by atoms with E-state index in [1.54, 1.807) is 45.0 Å². The van der Waals surface area contributed by atoms with Crippen LogP contribution in [0.3, 0.4) is 0 Å². The molecule has 0 unspecified atom stereocenters. The van der Waals surface area contributed by atoms with Crippen LogP contribution in [-0.2, 0) is 32.0 Å². The van der Waals surface area contributed by atoms with Crippen LogP contribution in [0, 0.1) is 0 Å². The Morgan fingerprint density at radius 1 is 1.04 bits per heavy atom. The van der Waals surface area contributed by atoms with Gasteiger partial charge in [-0.1, -0.05) is 59.7 Å². The van der Waals surface area contributed by atoms with Crippen molar-refractivity contribution in [2.75, 3.05) is 19.8 Å². The number of hydrogen-bond donors (Lipinski definition) is 3. The van der Waals surface area contributed by atoms with Gasteiger partial charge in [-0.25, -0.2) is 10.4 Å². The molecule has 3 aromatic carbocycles. The second kappa shape index (κ2) is 17.3. The summed E-state index contributed by atoms with van der Waals surface area (Å²) in [6, 6.07) is 24.4. The number of nitrogens with one attached hydrogen (secondary N) is 2. The Morgan fingerprint density at radius 3 is 2.48 bits per heavy atom. The van der Waals surface area contributed by atoms with Gasteiger partial charge < -0.3 is 19.3 Å². The molecular formula is C36H44N6O6. The van der Waals surface area contributed by atoms with E-state index < -0.39 is 29.1 Å². The maximum Gasteiger partial charge on any atom is 0.306 e. The molecule has 1 aliphatic heterocycles. The van der Waals surface area contributed by atoms with Gasteiger partial charge in [-0.05, 0) is 86.5 Å². The SMILES string of the molecule is CC(C)(C)OC(=O)CC[C@]1(C(=O)NNCCCc2ccccc2)N=C(c2ccc(OCCCO)cc2)O[C@H]1c1ccccc1CN=[N+]=[N-]. The Kier molecular flexibility index (Phi) is 13.0. The zero-order chi connectivity index (χ0) is 34.4. The standard InChI is InChI=1S/C36H44N6O6/c1-35(2,3)48-31(44)20-21-36(34(45)41-38-22-9-13-26-11-5-4-6-12-26)32(30-15-8-7-14-28(30)25-39-42-37)47-33(40-36)27-16-18-29(19-17-27)46-24-10-23-43/h4-8,11-12,14-19,32,38,43H,9-10,13,20-25H2,1-3H3,(H,41,45)/t32-,36-/m0/s1. The van der Waals surface area contributed by atoms with Crippen molar-refractivity contribution in [1.82, 2.24) is 10.9 Å². The van der Waals surface area contributed by atoms with Gasteiger partial charge in [-0.15, -0.1) is 0 Å². The summed E-state index contributed by atoms with van der Waals surface area (Å²) in [5.74, 6) is -0.132. The lowest BCUT2D eigenvalue weighted by Gasteiger charge is -2.31. The fraction of sp³-hybridized carbons (Fsp3) is 0.417. The van der Waals surface area contributed by atoms with E-state index >= 15 is 0 Å². The van der Waals surface area contributed by atoms with Gasteiger partial charge in [0.1, 0.15) is 11.4 Å². The number of aryl methyl sites for hydroxylation is 1. The molecule has 0 bridgehead atoms. The second-order valence-corrected chi connectivity index (χ2v) is 12.4. The minimum atomic E-state index is -1.60. The van der Waals surface area contributed by atoms with E-state index in [-0.39, 0.29) is 31.9 Å². The number of hydrazine groups is 1. The molecule has 0 aromatic heterocycles. The van der Waals surface area contributed by atoms with Crippen LogP contribution in [0.1, 0.15) is 74.8 Å². The van der Waals surface area contributed by atoms with Gasteiger partial charge in [-0.2, -0.15) is 0 Å². The van der Waals surface area contributed by atoms with Gasteiger partial charge in [0.15, 0.2) is 11.6 Å². The largest absolute Gasteiger partial charge is 0.494 e. The number of nitrogens with zero attached hydrogens (tertiary/aromatic N) is 4. The molecule has 0 aliphatic carbocycles. The number of aliphatic hydroxyl groups is 1. The molecule has 0 radical (unpaired) electrons. The van der Waals surface area contributed by atoms with Crippen LogP contribution in [0.5, 0.6) is 5.75 Å². The van der Waals surface area contributed by atoms with Crippen molar-refractivity contribution >= 4 is 17.8 Å².